The number of halogens is 1. The number of fused-ring (bicyclic) bond motifs is 1. The number of thiophene rings is 1. The summed E-state index contributed by atoms with van der Waals surface area (Å²) in [6.07, 6.45) is 4.50. The minimum atomic E-state index is -0.135. The Balaban J connectivity index is 1.65. The molecule has 1 aliphatic rings. The van der Waals surface area contributed by atoms with Crippen molar-refractivity contribution >= 4 is 41.1 Å². The summed E-state index contributed by atoms with van der Waals surface area (Å²) in [5.41, 5.74) is 3.02. The Kier molecular flexibility index (Phi) is 4.89. The van der Waals surface area contributed by atoms with Crippen molar-refractivity contribution in [1.82, 2.24) is 15.3 Å². The number of benzene rings is 1. The van der Waals surface area contributed by atoms with Crippen LogP contribution in [0.5, 0.6) is 0 Å². The Morgan fingerprint density at radius 1 is 1.36 bits per heavy atom. The van der Waals surface area contributed by atoms with E-state index in [0.717, 1.165) is 27.4 Å². The highest BCUT2D eigenvalue weighted by atomic mass is 35.5. The van der Waals surface area contributed by atoms with Crippen LogP contribution < -0.4 is 5.32 Å². The summed E-state index contributed by atoms with van der Waals surface area (Å²) in [6.45, 7) is 0. The summed E-state index contributed by atoms with van der Waals surface area (Å²) in [4.78, 5) is 10.2. The van der Waals surface area contributed by atoms with Gasteiger partial charge in [0.25, 0.3) is 0 Å². The van der Waals surface area contributed by atoms with Crippen LogP contribution in [-0.2, 0) is 11.2 Å². The zero-order valence-electron chi connectivity index (χ0n) is 14.5. The largest absolute Gasteiger partial charge is 0.428 e. The molecule has 0 aliphatic carbocycles. The van der Waals surface area contributed by atoms with Crippen LogP contribution in [0.2, 0.25) is 5.02 Å². The molecule has 0 spiro atoms. The lowest BCUT2D eigenvalue weighted by molar-refractivity contribution is 0.561. The van der Waals surface area contributed by atoms with Crippen LogP contribution in [0.3, 0.4) is 0 Å². The summed E-state index contributed by atoms with van der Waals surface area (Å²) in [7, 11) is 0. The number of ether oxygens (including phenoxy) is 1. The van der Waals surface area contributed by atoms with E-state index in [1.165, 1.54) is 17.7 Å². The normalized spacial score (nSPS) is 15.5. The SMILES string of the molecule is N=COC(=N)c1cccc(-c2cc(Cl)c(C3Cc4ncncc4C(=N)N3)s2)c1. The predicted octanol–water partition coefficient (Wildman–Crippen LogP) is 4.02. The molecule has 28 heavy (non-hydrogen) atoms. The Hall–Kier alpha value is -3.10. The second-order valence-electron chi connectivity index (χ2n) is 6.13. The van der Waals surface area contributed by atoms with Crippen LogP contribution in [0.1, 0.15) is 27.7 Å². The fourth-order valence-electron chi connectivity index (χ4n) is 3.08. The van der Waals surface area contributed by atoms with Crippen molar-refractivity contribution in [2.75, 3.05) is 0 Å². The van der Waals surface area contributed by atoms with E-state index in [-0.39, 0.29) is 17.8 Å². The van der Waals surface area contributed by atoms with Gasteiger partial charge in [0.05, 0.1) is 22.3 Å². The molecule has 0 saturated heterocycles. The van der Waals surface area contributed by atoms with Gasteiger partial charge in [0.1, 0.15) is 12.2 Å². The monoisotopic (exact) mass is 410 g/mol. The molecule has 4 N–H and O–H groups in total. The van der Waals surface area contributed by atoms with E-state index >= 15 is 0 Å². The van der Waals surface area contributed by atoms with Crippen molar-refractivity contribution in [3.8, 4) is 10.4 Å². The van der Waals surface area contributed by atoms with E-state index in [1.807, 2.05) is 24.3 Å². The topological polar surface area (TPSA) is 119 Å². The maximum absolute atomic E-state index is 8.22. The molecule has 140 valence electrons. The quantitative estimate of drug-likeness (QED) is 0.383. The molecule has 3 heterocycles. The second-order valence-corrected chi connectivity index (χ2v) is 7.62. The molecule has 0 radical (unpaired) electrons. The van der Waals surface area contributed by atoms with E-state index < -0.39 is 0 Å². The number of hydrogen-bond acceptors (Lipinski definition) is 7. The fourth-order valence-corrected chi connectivity index (χ4v) is 4.61. The summed E-state index contributed by atoms with van der Waals surface area (Å²) >= 11 is 8.06. The van der Waals surface area contributed by atoms with Crippen molar-refractivity contribution in [2.24, 2.45) is 0 Å². The number of rotatable bonds is 4. The molecule has 3 aromatic rings. The van der Waals surface area contributed by atoms with E-state index in [9.17, 15) is 0 Å². The number of nitrogens with one attached hydrogen (secondary N) is 4. The summed E-state index contributed by atoms with van der Waals surface area (Å²) in [5.74, 6) is 0.204. The van der Waals surface area contributed by atoms with Crippen molar-refractivity contribution in [3.63, 3.8) is 0 Å². The van der Waals surface area contributed by atoms with Gasteiger partial charge < -0.3 is 10.1 Å². The fraction of sp³-hybridized carbons (Fsp3) is 0.105. The lowest BCUT2D eigenvalue weighted by Crippen LogP contribution is -2.35. The van der Waals surface area contributed by atoms with Crippen LogP contribution in [0.15, 0.2) is 42.9 Å². The molecule has 0 bridgehead atoms. The molecular formula is C19H15ClN6OS. The van der Waals surface area contributed by atoms with Crippen molar-refractivity contribution < 1.29 is 4.74 Å². The third kappa shape index (κ3) is 3.39. The smallest absolute Gasteiger partial charge is 0.220 e. The van der Waals surface area contributed by atoms with Gasteiger partial charge in [0.2, 0.25) is 5.90 Å². The van der Waals surface area contributed by atoms with E-state index in [1.54, 1.807) is 12.3 Å². The molecule has 9 heteroatoms. The molecule has 1 unspecified atom stereocenters. The summed E-state index contributed by atoms with van der Waals surface area (Å²) in [6, 6.07) is 9.11. The molecule has 0 fully saturated rings. The zero-order chi connectivity index (χ0) is 19.7. The molecule has 1 atom stereocenters. The Morgan fingerprint density at radius 2 is 2.21 bits per heavy atom. The third-order valence-electron chi connectivity index (χ3n) is 4.40. The lowest BCUT2D eigenvalue weighted by atomic mass is 10.00. The highest BCUT2D eigenvalue weighted by Gasteiger charge is 2.27. The first-order valence-electron chi connectivity index (χ1n) is 8.35. The highest BCUT2D eigenvalue weighted by Crippen LogP contribution is 2.40. The molecule has 4 rings (SSSR count). The number of amidine groups is 1. The van der Waals surface area contributed by atoms with E-state index in [2.05, 4.69) is 15.3 Å². The van der Waals surface area contributed by atoms with Crippen LogP contribution in [0, 0.1) is 16.2 Å². The molecule has 1 aliphatic heterocycles. The van der Waals surface area contributed by atoms with Gasteiger partial charge in [0.15, 0.2) is 6.40 Å². The minimum absolute atomic E-state index is 0.0848. The lowest BCUT2D eigenvalue weighted by Gasteiger charge is -2.25. The standard InChI is InChI=1S/C19H15ClN6OS/c20-13-5-16(10-2-1-3-11(4-10)19(23)27-8-21)28-17(13)15-6-14-12(18(22)26-15)7-24-9-25-14/h1-5,7-9,15,21,23H,6H2,(H2,22,26). The van der Waals surface area contributed by atoms with Crippen molar-refractivity contribution in [1.29, 1.82) is 16.2 Å². The average molecular weight is 411 g/mol. The first kappa shape index (κ1) is 18.3. The Bertz CT molecular complexity index is 1100. The number of nitrogens with zero attached hydrogens (tertiary/aromatic N) is 2. The van der Waals surface area contributed by atoms with Crippen molar-refractivity contribution in [3.05, 3.63) is 69.6 Å². The van der Waals surface area contributed by atoms with Gasteiger partial charge in [-0.2, -0.15) is 0 Å². The first-order chi connectivity index (χ1) is 13.6. The van der Waals surface area contributed by atoms with Gasteiger partial charge in [-0.3, -0.25) is 16.2 Å². The highest BCUT2D eigenvalue weighted by molar-refractivity contribution is 7.16. The predicted molar refractivity (Wildman–Crippen MR) is 110 cm³/mol. The summed E-state index contributed by atoms with van der Waals surface area (Å²) in [5, 5.41) is 26.9. The summed E-state index contributed by atoms with van der Waals surface area (Å²) < 4.78 is 4.84. The van der Waals surface area contributed by atoms with Crippen molar-refractivity contribution in [2.45, 2.75) is 12.5 Å². The van der Waals surface area contributed by atoms with Gasteiger partial charge in [0, 0.05) is 27.9 Å². The molecule has 0 amide bonds. The van der Waals surface area contributed by atoms with Gasteiger partial charge in [-0.1, -0.05) is 23.7 Å². The maximum atomic E-state index is 8.22. The molecule has 1 aromatic carbocycles. The van der Waals surface area contributed by atoms with Crippen LogP contribution in [0.4, 0.5) is 0 Å². The van der Waals surface area contributed by atoms with Crippen LogP contribution in [0.25, 0.3) is 10.4 Å². The molecule has 0 saturated carbocycles. The minimum Gasteiger partial charge on any atom is -0.428 e. The third-order valence-corrected chi connectivity index (χ3v) is 6.12. The maximum Gasteiger partial charge on any atom is 0.220 e. The Morgan fingerprint density at radius 3 is 3.04 bits per heavy atom. The van der Waals surface area contributed by atoms with Crippen LogP contribution >= 0.6 is 22.9 Å². The zero-order valence-corrected chi connectivity index (χ0v) is 16.1. The average Bonchev–Trinajstić information content (AvgIpc) is 3.10. The van der Waals surface area contributed by atoms with Gasteiger partial charge in [-0.15, -0.1) is 11.3 Å². The second kappa shape index (κ2) is 7.49. The number of aromatic nitrogens is 2. The first-order valence-corrected chi connectivity index (χ1v) is 9.54. The van der Waals surface area contributed by atoms with Gasteiger partial charge in [-0.05, 0) is 23.8 Å². The molecule has 2 aromatic heterocycles. The molecule has 7 nitrogen and oxygen atoms in total. The van der Waals surface area contributed by atoms with Gasteiger partial charge in [-0.25, -0.2) is 9.97 Å². The van der Waals surface area contributed by atoms with E-state index in [0.29, 0.717) is 22.6 Å². The molecular weight excluding hydrogens is 396 g/mol. The Labute approximate surface area is 169 Å². The van der Waals surface area contributed by atoms with E-state index in [4.69, 9.17) is 32.6 Å². The van der Waals surface area contributed by atoms with Crippen LogP contribution in [-0.4, -0.2) is 28.1 Å². The van der Waals surface area contributed by atoms with Gasteiger partial charge >= 0.3 is 0 Å². The number of hydrogen-bond donors (Lipinski definition) is 4.